The minimum Gasteiger partial charge on any atom is -0.149 e. The molecule has 0 saturated heterocycles. The zero-order chi connectivity index (χ0) is 9.97. The van der Waals surface area contributed by atoms with E-state index in [4.69, 9.17) is 0 Å². The molecule has 1 heterocycles. The van der Waals surface area contributed by atoms with Gasteiger partial charge in [-0.1, -0.05) is 32.1 Å². The Bertz CT molecular complexity index is 295. The smallest absolute Gasteiger partial charge is 0.00822 e. The molecule has 0 N–H and O–H groups in total. The lowest BCUT2D eigenvalue weighted by molar-refractivity contribution is 0.314. The van der Waals surface area contributed by atoms with Gasteiger partial charge in [-0.15, -0.1) is 11.3 Å². The lowest BCUT2D eigenvalue weighted by Gasteiger charge is -2.30. The van der Waals surface area contributed by atoms with E-state index in [-0.39, 0.29) is 0 Å². The van der Waals surface area contributed by atoms with Crippen LogP contribution in [0, 0.1) is 11.8 Å². The van der Waals surface area contributed by atoms with Crippen molar-refractivity contribution in [1.82, 2.24) is 0 Å². The zero-order valence-corrected chi connectivity index (χ0v) is 9.76. The summed E-state index contributed by atoms with van der Waals surface area (Å²) in [6, 6.07) is 4.47. The summed E-state index contributed by atoms with van der Waals surface area (Å²) in [5, 5.41) is 2.20. The van der Waals surface area contributed by atoms with Gasteiger partial charge in [-0.05, 0) is 36.1 Å². The summed E-state index contributed by atoms with van der Waals surface area (Å²) >= 11 is 1.92. The lowest BCUT2D eigenvalue weighted by Crippen LogP contribution is -2.19. The Labute approximate surface area is 90.7 Å². The fourth-order valence-corrected chi connectivity index (χ4v) is 3.32. The highest BCUT2D eigenvalue weighted by Gasteiger charge is 2.26. The van der Waals surface area contributed by atoms with Crippen LogP contribution >= 0.6 is 11.3 Å². The average molecular weight is 206 g/mol. The lowest BCUT2D eigenvalue weighted by atomic mass is 9.76. The second-order valence-corrected chi connectivity index (χ2v) is 5.45. The van der Waals surface area contributed by atoms with Crippen LogP contribution in [0.1, 0.15) is 37.5 Å². The molecule has 1 aliphatic carbocycles. The Balaban J connectivity index is 2.20. The van der Waals surface area contributed by atoms with Crippen LogP contribution in [0.3, 0.4) is 0 Å². The Morgan fingerprint density at radius 1 is 1.29 bits per heavy atom. The van der Waals surface area contributed by atoms with Crippen LogP contribution in [0.5, 0.6) is 0 Å². The number of thiophene rings is 1. The number of rotatable bonds is 2. The molecule has 2 unspecified atom stereocenters. The first kappa shape index (κ1) is 9.97. The van der Waals surface area contributed by atoms with Gasteiger partial charge in [0.25, 0.3) is 0 Å². The molecule has 0 aromatic carbocycles. The maximum absolute atomic E-state index is 2.36. The van der Waals surface area contributed by atoms with Gasteiger partial charge in [0.15, 0.2) is 0 Å². The van der Waals surface area contributed by atoms with Gasteiger partial charge in [-0.25, -0.2) is 0 Å². The molecule has 0 fully saturated rings. The second-order valence-electron chi connectivity index (χ2n) is 4.47. The maximum Gasteiger partial charge on any atom is 0.00822 e. The number of allylic oxidation sites excluding steroid dienone is 2. The molecule has 14 heavy (non-hydrogen) atoms. The van der Waals surface area contributed by atoms with Crippen molar-refractivity contribution >= 4 is 11.3 Å². The third-order valence-corrected chi connectivity index (χ3v) is 4.25. The van der Waals surface area contributed by atoms with E-state index < -0.39 is 0 Å². The molecule has 0 spiro atoms. The molecule has 1 aliphatic rings. The van der Waals surface area contributed by atoms with Crippen LogP contribution in [0.15, 0.2) is 29.7 Å². The Hall–Kier alpha value is -0.560. The Morgan fingerprint density at radius 3 is 2.71 bits per heavy atom. The normalized spacial score (nSPS) is 27.1. The molecule has 1 heteroatoms. The van der Waals surface area contributed by atoms with Crippen molar-refractivity contribution < 1.29 is 0 Å². The first-order valence-corrected chi connectivity index (χ1v) is 6.35. The monoisotopic (exact) mass is 206 g/mol. The van der Waals surface area contributed by atoms with E-state index in [0.717, 1.165) is 17.8 Å². The fourth-order valence-electron chi connectivity index (χ4n) is 2.40. The first-order chi connectivity index (χ1) is 6.79. The van der Waals surface area contributed by atoms with Crippen molar-refractivity contribution in [2.75, 3.05) is 0 Å². The summed E-state index contributed by atoms with van der Waals surface area (Å²) in [6.07, 6.45) is 7.21. The highest BCUT2D eigenvalue weighted by atomic mass is 32.1. The Morgan fingerprint density at radius 2 is 2.07 bits per heavy atom. The molecule has 0 nitrogen and oxygen atoms in total. The molecular formula is C13H18S. The van der Waals surface area contributed by atoms with E-state index in [2.05, 4.69) is 43.5 Å². The number of hydrogen-bond acceptors (Lipinski definition) is 1. The highest BCUT2D eigenvalue weighted by molar-refractivity contribution is 7.10. The van der Waals surface area contributed by atoms with E-state index in [1.165, 1.54) is 12.8 Å². The largest absolute Gasteiger partial charge is 0.149 e. The van der Waals surface area contributed by atoms with E-state index in [0.29, 0.717) is 0 Å². The van der Waals surface area contributed by atoms with Crippen molar-refractivity contribution in [2.24, 2.45) is 11.8 Å². The van der Waals surface area contributed by atoms with Gasteiger partial charge in [-0.2, -0.15) is 0 Å². The van der Waals surface area contributed by atoms with Crippen LogP contribution in [0.4, 0.5) is 0 Å². The molecule has 0 aliphatic heterocycles. The fraction of sp³-hybridized carbons (Fsp3) is 0.538. The minimum atomic E-state index is 0.778. The van der Waals surface area contributed by atoms with Gasteiger partial charge in [0, 0.05) is 10.8 Å². The van der Waals surface area contributed by atoms with Crippen molar-refractivity contribution in [1.29, 1.82) is 0 Å². The van der Waals surface area contributed by atoms with E-state index >= 15 is 0 Å². The topological polar surface area (TPSA) is 0 Å². The predicted molar refractivity (Wildman–Crippen MR) is 63.8 cm³/mol. The van der Waals surface area contributed by atoms with Crippen molar-refractivity contribution in [3.05, 3.63) is 34.5 Å². The van der Waals surface area contributed by atoms with Gasteiger partial charge < -0.3 is 0 Å². The van der Waals surface area contributed by atoms with Crippen molar-refractivity contribution in [3.8, 4) is 0 Å². The number of hydrogen-bond donors (Lipinski definition) is 0. The molecule has 2 rings (SSSR count). The Kier molecular flexibility index (Phi) is 3.07. The van der Waals surface area contributed by atoms with E-state index in [9.17, 15) is 0 Å². The summed E-state index contributed by atoms with van der Waals surface area (Å²) < 4.78 is 0. The van der Waals surface area contributed by atoms with Gasteiger partial charge in [0.05, 0.1) is 0 Å². The molecule has 0 amide bonds. The van der Waals surface area contributed by atoms with Gasteiger partial charge >= 0.3 is 0 Å². The second kappa shape index (κ2) is 4.31. The van der Waals surface area contributed by atoms with Crippen LogP contribution in [0.25, 0.3) is 0 Å². The zero-order valence-electron chi connectivity index (χ0n) is 8.94. The van der Waals surface area contributed by atoms with Gasteiger partial charge in [0.1, 0.15) is 0 Å². The third-order valence-electron chi connectivity index (χ3n) is 3.25. The van der Waals surface area contributed by atoms with Gasteiger partial charge in [-0.3, -0.25) is 0 Å². The van der Waals surface area contributed by atoms with Crippen LogP contribution in [-0.2, 0) is 0 Å². The molecule has 76 valence electrons. The molecule has 1 aromatic rings. The quantitative estimate of drug-likeness (QED) is 0.627. The summed E-state index contributed by atoms with van der Waals surface area (Å²) in [5.41, 5.74) is 0. The molecular weight excluding hydrogens is 188 g/mol. The van der Waals surface area contributed by atoms with Crippen LogP contribution in [-0.4, -0.2) is 0 Å². The summed E-state index contributed by atoms with van der Waals surface area (Å²) in [6.45, 7) is 4.70. The van der Waals surface area contributed by atoms with Crippen LogP contribution in [0.2, 0.25) is 0 Å². The molecule has 0 saturated carbocycles. The molecule has 1 aromatic heterocycles. The molecule has 0 radical (unpaired) electrons. The molecule has 0 bridgehead atoms. The van der Waals surface area contributed by atoms with Crippen LogP contribution < -0.4 is 0 Å². The highest BCUT2D eigenvalue weighted by Crippen LogP contribution is 2.40. The standard InChI is InChI=1S/C13H18S/c1-10(2)11-6-3-4-7-12(11)13-8-5-9-14-13/h3-5,8-12H,6-7H2,1-2H3. The molecule has 2 atom stereocenters. The van der Waals surface area contributed by atoms with Crippen molar-refractivity contribution in [3.63, 3.8) is 0 Å². The van der Waals surface area contributed by atoms with Crippen molar-refractivity contribution in [2.45, 2.75) is 32.6 Å². The van der Waals surface area contributed by atoms with E-state index in [1.54, 1.807) is 4.88 Å². The summed E-state index contributed by atoms with van der Waals surface area (Å²) in [4.78, 5) is 1.58. The predicted octanol–water partition coefficient (Wildman–Crippen LogP) is 4.45. The summed E-state index contributed by atoms with van der Waals surface area (Å²) in [7, 11) is 0. The first-order valence-electron chi connectivity index (χ1n) is 5.47. The minimum absolute atomic E-state index is 0.778. The average Bonchev–Trinajstić information content (AvgIpc) is 2.70. The van der Waals surface area contributed by atoms with E-state index in [1.807, 2.05) is 11.3 Å². The maximum atomic E-state index is 2.36. The van der Waals surface area contributed by atoms with Gasteiger partial charge in [0.2, 0.25) is 0 Å². The SMILES string of the molecule is CC(C)C1CC=CCC1c1cccs1. The third kappa shape index (κ3) is 1.93. The summed E-state index contributed by atoms with van der Waals surface area (Å²) in [5.74, 6) is 2.42.